The molecule has 29 heavy (non-hydrogen) atoms. The van der Waals surface area contributed by atoms with Crippen LogP contribution in [0.25, 0.3) is 16.9 Å². The lowest BCUT2D eigenvalue weighted by Crippen LogP contribution is -2.30. The third-order valence-electron chi connectivity index (χ3n) is 4.38. The number of hydrogen-bond donors (Lipinski definition) is 1. The topological polar surface area (TPSA) is 81.4 Å². The summed E-state index contributed by atoms with van der Waals surface area (Å²) in [6.07, 6.45) is -0.699. The maximum absolute atomic E-state index is 12.4. The highest BCUT2D eigenvalue weighted by atomic mass is 35.5. The molecule has 0 bridgehead atoms. The van der Waals surface area contributed by atoms with Gasteiger partial charge in [0.05, 0.1) is 10.7 Å². The summed E-state index contributed by atoms with van der Waals surface area (Å²) in [4.78, 5) is 12.4. The van der Waals surface area contributed by atoms with Crippen LogP contribution in [0.4, 0.5) is 5.69 Å². The minimum absolute atomic E-state index is 0.266. The van der Waals surface area contributed by atoms with E-state index in [1.54, 1.807) is 35.7 Å². The molecule has 2 aromatic carbocycles. The molecule has 146 valence electrons. The molecule has 0 saturated heterocycles. The standard InChI is InChI=1S/C21H18ClN5O2/c1-13(29-19-6-4-3-5-17(19)22)21(28)23-16-9-7-15(8-10-16)18-11-12-20-25-24-14(2)27(20)26-18/h3-13H,1-2H3,(H,23,28). The van der Waals surface area contributed by atoms with Crippen LogP contribution in [0.5, 0.6) is 5.75 Å². The average molecular weight is 408 g/mol. The predicted molar refractivity (Wildman–Crippen MR) is 111 cm³/mol. The third kappa shape index (κ3) is 4.05. The number of halogens is 1. The lowest BCUT2D eigenvalue weighted by atomic mass is 10.1. The maximum Gasteiger partial charge on any atom is 0.265 e. The summed E-state index contributed by atoms with van der Waals surface area (Å²) < 4.78 is 7.34. The average Bonchev–Trinajstić information content (AvgIpc) is 3.10. The first-order valence-corrected chi connectivity index (χ1v) is 9.40. The second kappa shape index (κ2) is 7.89. The van der Waals surface area contributed by atoms with Crippen molar-refractivity contribution in [3.05, 3.63) is 71.5 Å². The molecule has 0 saturated carbocycles. The summed E-state index contributed by atoms with van der Waals surface area (Å²) in [6, 6.07) is 18.2. The Balaban J connectivity index is 1.45. The number of ether oxygens (including phenoxy) is 1. The van der Waals surface area contributed by atoms with E-state index in [0.717, 1.165) is 17.1 Å². The fourth-order valence-corrected chi connectivity index (χ4v) is 2.98. The Morgan fingerprint density at radius 2 is 1.83 bits per heavy atom. The van der Waals surface area contributed by atoms with E-state index >= 15 is 0 Å². The first-order chi connectivity index (χ1) is 14.0. The number of hydrogen-bond acceptors (Lipinski definition) is 5. The largest absolute Gasteiger partial charge is 0.479 e. The Hall–Kier alpha value is -3.45. The van der Waals surface area contributed by atoms with Gasteiger partial charge >= 0.3 is 0 Å². The van der Waals surface area contributed by atoms with Crippen molar-refractivity contribution in [2.75, 3.05) is 5.32 Å². The molecule has 2 aromatic heterocycles. The molecule has 4 rings (SSSR count). The normalized spacial score (nSPS) is 12.0. The number of para-hydroxylation sites is 1. The highest BCUT2D eigenvalue weighted by Gasteiger charge is 2.16. The van der Waals surface area contributed by atoms with Crippen LogP contribution in [0, 0.1) is 6.92 Å². The Kier molecular flexibility index (Phi) is 5.14. The fraction of sp³-hybridized carbons (Fsp3) is 0.143. The number of fused-ring (bicyclic) bond motifs is 1. The van der Waals surface area contributed by atoms with E-state index in [0.29, 0.717) is 22.1 Å². The molecular weight excluding hydrogens is 390 g/mol. The predicted octanol–water partition coefficient (Wildman–Crippen LogP) is 4.16. The summed E-state index contributed by atoms with van der Waals surface area (Å²) in [6.45, 7) is 3.52. The summed E-state index contributed by atoms with van der Waals surface area (Å²) in [7, 11) is 0. The third-order valence-corrected chi connectivity index (χ3v) is 4.69. The molecule has 8 heteroatoms. The summed E-state index contributed by atoms with van der Waals surface area (Å²) in [5, 5.41) is 15.9. The lowest BCUT2D eigenvalue weighted by molar-refractivity contribution is -0.122. The zero-order valence-corrected chi connectivity index (χ0v) is 16.6. The molecule has 4 aromatic rings. The second-order valence-electron chi connectivity index (χ2n) is 6.49. The Labute approximate surface area is 172 Å². The molecule has 1 unspecified atom stereocenters. The minimum Gasteiger partial charge on any atom is -0.479 e. The first-order valence-electron chi connectivity index (χ1n) is 9.03. The molecule has 0 aliphatic carbocycles. The number of aromatic nitrogens is 4. The van der Waals surface area contributed by atoms with E-state index in [-0.39, 0.29) is 5.91 Å². The number of nitrogens with one attached hydrogen (secondary N) is 1. The minimum atomic E-state index is -0.699. The number of carbonyl (C=O) groups is 1. The molecule has 0 fully saturated rings. The number of rotatable bonds is 5. The molecular formula is C21H18ClN5O2. The molecule has 1 atom stereocenters. The highest BCUT2D eigenvalue weighted by molar-refractivity contribution is 6.32. The summed E-state index contributed by atoms with van der Waals surface area (Å²) in [5.41, 5.74) is 3.06. The van der Waals surface area contributed by atoms with Gasteiger partial charge < -0.3 is 10.1 Å². The van der Waals surface area contributed by atoms with Gasteiger partial charge in [-0.15, -0.1) is 10.2 Å². The van der Waals surface area contributed by atoms with E-state index in [9.17, 15) is 4.79 Å². The Morgan fingerprint density at radius 3 is 2.59 bits per heavy atom. The van der Waals surface area contributed by atoms with Crippen molar-refractivity contribution in [3.63, 3.8) is 0 Å². The van der Waals surface area contributed by atoms with Gasteiger partial charge in [-0.3, -0.25) is 4.79 Å². The van der Waals surface area contributed by atoms with Crippen LogP contribution in [0.15, 0.2) is 60.7 Å². The van der Waals surface area contributed by atoms with E-state index in [4.69, 9.17) is 16.3 Å². The van der Waals surface area contributed by atoms with Gasteiger partial charge in [-0.1, -0.05) is 35.9 Å². The molecule has 0 aliphatic heterocycles. The number of amides is 1. The van der Waals surface area contributed by atoms with Crippen LogP contribution in [-0.4, -0.2) is 31.8 Å². The first kappa shape index (κ1) is 18.9. The van der Waals surface area contributed by atoms with E-state index in [1.807, 2.05) is 43.3 Å². The van der Waals surface area contributed by atoms with Crippen molar-refractivity contribution in [2.24, 2.45) is 0 Å². The number of aryl methyl sites for hydroxylation is 1. The van der Waals surface area contributed by atoms with Crippen LogP contribution in [0.1, 0.15) is 12.7 Å². The van der Waals surface area contributed by atoms with Gasteiger partial charge in [0, 0.05) is 11.3 Å². The lowest BCUT2D eigenvalue weighted by Gasteiger charge is -2.15. The monoisotopic (exact) mass is 407 g/mol. The molecule has 1 N–H and O–H groups in total. The van der Waals surface area contributed by atoms with Crippen molar-refractivity contribution in [2.45, 2.75) is 20.0 Å². The Morgan fingerprint density at radius 1 is 1.07 bits per heavy atom. The number of benzene rings is 2. The molecule has 1 amide bonds. The summed E-state index contributed by atoms with van der Waals surface area (Å²) in [5.74, 6) is 0.925. The van der Waals surface area contributed by atoms with Gasteiger partial charge in [0.2, 0.25) is 0 Å². The Bertz CT molecular complexity index is 1170. The van der Waals surface area contributed by atoms with E-state index in [1.165, 1.54) is 0 Å². The molecule has 0 aliphatic rings. The number of carbonyl (C=O) groups excluding carboxylic acids is 1. The van der Waals surface area contributed by atoms with E-state index in [2.05, 4.69) is 20.6 Å². The van der Waals surface area contributed by atoms with Gasteiger partial charge in [-0.25, -0.2) is 0 Å². The van der Waals surface area contributed by atoms with Crippen molar-refractivity contribution >= 4 is 28.8 Å². The van der Waals surface area contributed by atoms with Crippen molar-refractivity contribution in [3.8, 4) is 17.0 Å². The second-order valence-corrected chi connectivity index (χ2v) is 6.90. The van der Waals surface area contributed by atoms with Crippen molar-refractivity contribution < 1.29 is 9.53 Å². The zero-order chi connectivity index (χ0) is 20.4. The van der Waals surface area contributed by atoms with Gasteiger partial charge in [0.15, 0.2) is 17.6 Å². The number of nitrogens with zero attached hydrogens (tertiary/aromatic N) is 4. The smallest absolute Gasteiger partial charge is 0.265 e. The van der Waals surface area contributed by atoms with Crippen molar-refractivity contribution in [1.29, 1.82) is 0 Å². The van der Waals surface area contributed by atoms with Crippen LogP contribution in [0.3, 0.4) is 0 Å². The quantitative estimate of drug-likeness (QED) is 0.537. The fourth-order valence-electron chi connectivity index (χ4n) is 2.80. The number of anilines is 1. The molecule has 0 radical (unpaired) electrons. The van der Waals surface area contributed by atoms with Crippen LogP contribution >= 0.6 is 11.6 Å². The van der Waals surface area contributed by atoms with E-state index < -0.39 is 6.10 Å². The van der Waals surface area contributed by atoms with Gasteiger partial charge in [0.25, 0.3) is 5.91 Å². The highest BCUT2D eigenvalue weighted by Crippen LogP contribution is 2.25. The van der Waals surface area contributed by atoms with Crippen molar-refractivity contribution in [1.82, 2.24) is 19.8 Å². The summed E-state index contributed by atoms with van der Waals surface area (Å²) >= 11 is 6.08. The van der Waals surface area contributed by atoms with Gasteiger partial charge in [-0.2, -0.15) is 9.61 Å². The van der Waals surface area contributed by atoms with Crippen LogP contribution < -0.4 is 10.1 Å². The molecule has 0 spiro atoms. The van der Waals surface area contributed by atoms with Gasteiger partial charge in [-0.05, 0) is 50.2 Å². The zero-order valence-electron chi connectivity index (χ0n) is 15.8. The molecule has 7 nitrogen and oxygen atoms in total. The van der Waals surface area contributed by atoms with Gasteiger partial charge in [0.1, 0.15) is 5.75 Å². The van der Waals surface area contributed by atoms with Crippen LogP contribution in [-0.2, 0) is 4.79 Å². The molecule has 2 heterocycles. The maximum atomic E-state index is 12.4. The SMILES string of the molecule is Cc1nnc2ccc(-c3ccc(NC(=O)C(C)Oc4ccccc4Cl)cc3)nn12. The van der Waals surface area contributed by atoms with Crippen LogP contribution in [0.2, 0.25) is 5.02 Å².